The van der Waals surface area contributed by atoms with Crippen LogP contribution in [0.2, 0.25) is 0 Å². The number of carbonyl (C=O) groups excluding carboxylic acids is 2. The molecule has 0 atom stereocenters. The van der Waals surface area contributed by atoms with Crippen LogP contribution in [0.1, 0.15) is 91.5 Å². The Hall–Kier alpha value is -2.42. The van der Waals surface area contributed by atoms with Crippen molar-refractivity contribution in [2.75, 3.05) is 0 Å². The lowest BCUT2D eigenvalue weighted by atomic mass is 10.0. The zero-order chi connectivity index (χ0) is 20.2. The molecule has 0 saturated heterocycles. The van der Waals surface area contributed by atoms with Crippen molar-refractivity contribution >= 4 is 11.8 Å². The Morgan fingerprint density at radius 1 is 0.714 bits per heavy atom. The lowest BCUT2D eigenvalue weighted by Crippen LogP contribution is -2.08. The fourth-order valence-electron chi connectivity index (χ4n) is 3.10. The van der Waals surface area contributed by atoms with Crippen molar-refractivity contribution in [1.82, 2.24) is 0 Å². The molecule has 0 aromatic heterocycles. The van der Waals surface area contributed by atoms with Crippen LogP contribution >= 0.6 is 0 Å². The normalized spacial score (nSPS) is 10.6. The van der Waals surface area contributed by atoms with E-state index < -0.39 is 0 Å². The van der Waals surface area contributed by atoms with Crippen molar-refractivity contribution in [3.05, 3.63) is 65.2 Å². The Balaban J connectivity index is 1.84. The van der Waals surface area contributed by atoms with E-state index in [-0.39, 0.29) is 11.8 Å². The number of rotatable bonds is 12. The second-order valence-corrected chi connectivity index (χ2v) is 7.30. The smallest absolute Gasteiger partial charge is 0.343 e. The molecule has 0 bridgehead atoms. The van der Waals surface area contributed by atoms with E-state index in [9.17, 15) is 9.59 Å². The van der Waals surface area contributed by atoms with Crippen LogP contribution in [0.5, 0.6) is 5.75 Å². The molecule has 2 aromatic rings. The third-order valence-electron chi connectivity index (χ3n) is 4.90. The van der Waals surface area contributed by atoms with E-state index in [1.165, 1.54) is 37.7 Å². The number of Topliss-reactive ketones (excluding diaryl/α,β-unsaturated/α-hetero) is 1. The number of hydrogen-bond acceptors (Lipinski definition) is 3. The van der Waals surface area contributed by atoms with Crippen molar-refractivity contribution < 1.29 is 14.3 Å². The van der Waals surface area contributed by atoms with Gasteiger partial charge in [0.05, 0.1) is 5.56 Å². The van der Waals surface area contributed by atoms with Crippen LogP contribution in [-0.2, 0) is 6.42 Å². The van der Waals surface area contributed by atoms with Crippen LogP contribution in [0.3, 0.4) is 0 Å². The molecular formula is C25H32O3. The third-order valence-corrected chi connectivity index (χ3v) is 4.90. The molecule has 0 unspecified atom stereocenters. The minimum Gasteiger partial charge on any atom is -0.423 e. The molecule has 0 aliphatic rings. The van der Waals surface area contributed by atoms with Gasteiger partial charge >= 0.3 is 5.97 Å². The van der Waals surface area contributed by atoms with Gasteiger partial charge in [-0.2, -0.15) is 0 Å². The van der Waals surface area contributed by atoms with Gasteiger partial charge in [-0.1, -0.05) is 58.1 Å². The average Bonchev–Trinajstić information content (AvgIpc) is 2.72. The van der Waals surface area contributed by atoms with E-state index in [1.54, 1.807) is 24.3 Å². The monoisotopic (exact) mass is 380 g/mol. The maximum Gasteiger partial charge on any atom is 0.343 e. The van der Waals surface area contributed by atoms with Crippen LogP contribution in [-0.4, -0.2) is 11.8 Å². The fraction of sp³-hybridized carbons (Fsp3) is 0.440. The largest absolute Gasteiger partial charge is 0.423 e. The molecule has 0 heterocycles. The molecule has 0 spiro atoms. The highest BCUT2D eigenvalue weighted by Gasteiger charge is 2.10. The Kier molecular flexibility index (Phi) is 9.47. The lowest BCUT2D eigenvalue weighted by molar-refractivity contribution is 0.0734. The molecule has 0 saturated carbocycles. The van der Waals surface area contributed by atoms with Gasteiger partial charge in [0.25, 0.3) is 0 Å². The molecule has 0 aliphatic heterocycles. The number of hydrogen-bond donors (Lipinski definition) is 0. The molecule has 2 rings (SSSR count). The number of unbranched alkanes of at least 4 members (excludes halogenated alkanes) is 5. The van der Waals surface area contributed by atoms with Crippen molar-refractivity contribution in [2.45, 2.75) is 71.6 Å². The molecule has 3 nitrogen and oxygen atoms in total. The zero-order valence-electron chi connectivity index (χ0n) is 17.2. The number of carbonyl (C=O) groups is 2. The van der Waals surface area contributed by atoms with Crippen molar-refractivity contribution in [3.8, 4) is 5.75 Å². The molecular weight excluding hydrogens is 348 g/mol. The van der Waals surface area contributed by atoms with Gasteiger partial charge in [-0.15, -0.1) is 0 Å². The number of benzene rings is 2. The number of esters is 1. The minimum atomic E-state index is -0.375. The SMILES string of the molecule is CCCCCCCc1ccc(C(=O)Oc2ccc(C(=O)CCCC)cc2)cc1. The van der Waals surface area contributed by atoms with Gasteiger partial charge in [0.2, 0.25) is 0 Å². The number of ether oxygens (including phenoxy) is 1. The Morgan fingerprint density at radius 2 is 1.32 bits per heavy atom. The summed E-state index contributed by atoms with van der Waals surface area (Å²) in [6.07, 6.45) is 9.80. The van der Waals surface area contributed by atoms with Gasteiger partial charge in [-0.25, -0.2) is 4.79 Å². The van der Waals surface area contributed by atoms with Crippen LogP contribution in [0, 0.1) is 0 Å². The molecule has 0 amide bonds. The standard InChI is InChI=1S/C25H32O3/c1-3-5-7-8-9-10-20-12-14-22(15-13-20)25(27)28-23-18-16-21(17-19-23)24(26)11-6-4-2/h12-19H,3-11H2,1-2H3. The molecule has 0 N–H and O–H groups in total. The maximum atomic E-state index is 12.3. The second-order valence-electron chi connectivity index (χ2n) is 7.30. The molecule has 3 heteroatoms. The highest BCUT2D eigenvalue weighted by atomic mass is 16.5. The molecule has 2 aromatic carbocycles. The molecule has 0 aliphatic carbocycles. The third kappa shape index (κ3) is 7.30. The molecule has 28 heavy (non-hydrogen) atoms. The van der Waals surface area contributed by atoms with Crippen LogP contribution in [0.25, 0.3) is 0 Å². The lowest BCUT2D eigenvalue weighted by Gasteiger charge is -2.07. The maximum absolute atomic E-state index is 12.3. The predicted octanol–water partition coefficient (Wildman–Crippen LogP) is 6.79. The summed E-state index contributed by atoms with van der Waals surface area (Å²) in [6, 6.07) is 14.5. The fourth-order valence-corrected chi connectivity index (χ4v) is 3.10. The summed E-state index contributed by atoms with van der Waals surface area (Å²) in [5, 5.41) is 0. The van der Waals surface area contributed by atoms with E-state index in [2.05, 4.69) is 13.8 Å². The topological polar surface area (TPSA) is 43.4 Å². The van der Waals surface area contributed by atoms with Crippen molar-refractivity contribution in [1.29, 1.82) is 0 Å². The Morgan fingerprint density at radius 3 is 1.96 bits per heavy atom. The van der Waals surface area contributed by atoms with Gasteiger partial charge in [0, 0.05) is 12.0 Å². The van der Waals surface area contributed by atoms with E-state index in [4.69, 9.17) is 4.74 Å². The van der Waals surface area contributed by atoms with Crippen LogP contribution in [0.15, 0.2) is 48.5 Å². The Labute approximate surface area is 169 Å². The van der Waals surface area contributed by atoms with Gasteiger partial charge in [0.1, 0.15) is 5.75 Å². The van der Waals surface area contributed by atoms with Gasteiger partial charge < -0.3 is 4.74 Å². The molecule has 0 radical (unpaired) electrons. The van der Waals surface area contributed by atoms with Crippen molar-refractivity contribution in [2.24, 2.45) is 0 Å². The summed E-state index contributed by atoms with van der Waals surface area (Å²) in [5.41, 5.74) is 2.46. The Bertz CT molecular complexity index is 729. The summed E-state index contributed by atoms with van der Waals surface area (Å²) in [6.45, 7) is 4.29. The highest BCUT2D eigenvalue weighted by Crippen LogP contribution is 2.17. The summed E-state index contributed by atoms with van der Waals surface area (Å²) in [5.74, 6) is 0.210. The summed E-state index contributed by atoms with van der Waals surface area (Å²) >= 11 is 0. The average molecular weight is 381 g/mol. The summed E-state index contributed by atoms with van der Waals surface area (Å²) in [7, 11) is 0. The van der Waals surface area contributed by atoms with E-state index in [0.717, 1.165) is 19.3 Å². The predicted molar refractivity (Wildman–Crippen MR) is 114 cm³/mol. The minimum absolute atomic E-state index is 0.130. The highest BCUT2D eigenvalue weighted by molar-refractivity contribution is 5.96. The molecule has 0 fully saturated rings. The van der Waals surface area contributed by atoms with Crippen LogP contribution < -0.4 is 4.74 Å². The van der Waals surface area contributed by atoms with Crippen LogP contribution in [0.4, 0.5) is 0 Å². The molecule has 150 valence electrons. The first-order valence-electron chi connectivity index (χ1n) is 10.6. The van der Waals surface area contributed by atoms with E-state index >= 15 is 0 Å². The van der Waals surface area contributed by atoms with Gasteiger partial charge in [-0.05, 0) is 61.2 Å². The number of ketones is 1. The van der Waals surface area contributed by atoms with Gasteiger partial charge in [-0.3, -0.25) is 4.79 Å². The van der Waals surface area contributed by atoms with E-state index in [0.29, 0.717) is 23.3 Å². The van der Waals surface area contributed by atoms with E-state index in [1.807, 2.05) is 24.3 Å². The second kappa shape index (κ2) is 12.1. The quantitative estimate of drug-likeness (QED) is 0.176. The first-order valence-corrected chi connectivity index (χ1v) is 10.6. The van der Waals surface area contributed by atoms with Crippen molar-refractivity contribution in [3.63, 3.8) is 0 Å². The summed E-state index contributed by atoms with van der Waals surface area (Å²) < 4.78 is 5.43. The first kappa shape index (κ1) is 21.9. The summed E-state index contributed by atoms with van der Waals surface area (Å²) in [4.78, 5) is 24.3. The first-order chi connectivity index (χ1) is 13.6. The zero-order valence-corrected chi connectivity index (χ0v) is 17.2. The number of aryl methyl sites for hydroxylation is 1. The van der Waals surface area contributed by atoms with Gasteiger partial charge in [0.15, 0.2) is 5.78 Å².